The van der Waals surface area contributed by atoms with Crippen LogP contribution in [0.25, 0.3) is 28.2 Å². The topological polar surface area (TPSA) is 131 Å². The molecule has 4 rings (SSSR count). The van der Waals surface area contributed by atoms with Crippen molar-refractivity contribution in [2.24, 2.45) is 0 Å². The summed E-state index contributed by atoms with van der Waals surface area (Å²) in [5, 5.41) is 10.1. The molecule has 0 saturated heterocycles. The minimum absolute atomic E-state index is 0.0211. The van der Waals surface area contributed by atoms with Gasteiger partial charge in [0, 0.05) is 24.0 Å². The van der Waals surface area contributed by atoms with Gasteiger partial charge < -0.3 is 0 Å². The molecule has 37 heavy (non-hydrogen) atoms. The minimum atomic E-state index is -4.80. The molecule has 190 valence electrons. The first-order valence-corrected chi connectivity index (χ1v) is 12.0. The molecule has 0 unspecified atom stereocenters. The number of alkyl halides is 3. The fraction of sp³-hybridized carbons (Fsp3) is 0.174. The minimum Gasteiger partial charge on any atom is -0.294 e. The summed E-state index contributed by atoms with van der Waals surface area (Å²) in [6, 6.07) is 5.63. The van der Waals surface area contributed by atoms with E-state index in [-0.39, 0.29) is 39.4 Å². The molecule has 0 bridgehead atoms. The van der Waals surface area contributed by atoms with Crippen molar-refractivity contribution < 1.29 is 30.8 Å². The van der Waals surface area contributed by atoms with Crippen molar-refractivity contribution in [3.05, 3.63) is 65.9 Å². The number of carbonyl (C=O) groups excluding carboxylic acids is 1. The number of halogens is 4. The second-order valence-corrected chi connectivity index (χ2v) is 9.60. The third kappa shape index (κ3) is 4.78. The van der Waals surface area contributed by atoms with Gasteiger partial charge in [0.15, 0.2) is 5.78 Å². The van der Waals surface area contributed by atoms with Crippen LogP contribution in [0.2, 0.25) is 0 Å². The van der Waals surface area contributed by atoms with Crippen LogP contribution in [-0.4, -0.2) is 45.9 Å². The molecule has 0 saturated carbocycles. The van der Waals surface area contributed by atoms with Crippen molar-refractivity contribution in [2.75, 3.05) is 0 Å². The van der Waals surface area contributed by atoms with Gasteiger partial charge >= 0.3 is 6.18 Å². The van der Waals surface area contributed by atoms with Gasteiger partial charge in [0.2, 0.25) is 16.0 Å². The SMILES string of the molecule is CC(=O)c1cc2c(cc1F)c(C#N)c(-c1ccc(S(=O)(=O)N[C@@H](C)C(F)(F)F)cn1)n2-c1ncccn1. The summed E-state index contributed by atoms with van der Waals surface area (Å²) in [6.45, 7) is 1.84. The second-order valence-electron chi connectivity index (χ2n) is 7.89. The number of carbonyl (C=O) groups is 1. The van der Waals surface area contributed by atoms with Crippen LogP contribution < -0.4 is 4.72 Å². The fourth-order valence-corrected chi connectivity index (χ4v) is 4.77. The molecule has 4 aromatic rings. The predicted octanol–water partition coefficient (Wildman–Crippen LogP) is 3.92. The summed E-state index contributed by atoms with van der Waals surface area (Å²) in [6.07, 6.45) is -1.14. The Bertz CT molecular complexity index is 1660. The van der Waals surface area contributed by atoms with Crippen molar-refractivity contribution in [1.82, 2.24) is 24.2 Å². The highest BCUT2D eigenvalue weighted by molar-refractivity contribution is 7.89. The lowest BCUT2D eigenvalue weighted by Crippen LogP contribution is -2.42. The Labute approximate surface area is 207 Å². The number of nitriles is 1. The lowest BCUT2D eigenvalue weighted by molar-refractivity contribution is -0.147. The maximum Gasteiger partial charge on any atom is 0.404 e. The van der Waals surface area contributed by atoms with Gasteiger partial charge in [0.25, 0.3) is 0 Å². The van der Waals surface area contributed by atoms with E-state index in [2.05, 4.69) is 15.0 Å². The molecule has 14 heteroatoms. The molecular weight excluding hydrogens is 516 g/mol. The molecule has 1 atom stereocenters. The monoisotopic (exact) mass is 532 g/mol. The maximum atomic E-state index is 14.7. The van der Waals surface area contributed by atoms with E-state index in [9.17, 15) is 36.0 Å². The molecular formula is C23H16F4N6O3S. The van der Waals surface area contributed by atoms with Gasteiger partial charge in [0.05, 0.1) is 28.0 Å². The van der Waals surface area contributed by atoms with Crippen LogP contribution in [0.15, 0.2) is 53.8 Å². The Morgan fingerprint density at radius 1 is 1.16 bits per heavy atom. The van der Waals surface area contributed by atoms with E-state index in [0.29, 0.717) is 6.92 Å². The number of fused-ring (bicyclic) bond motifs is 1. The van der Waals surface area contributed by atoms with E-state index in [1.807, 2.05) is 6.07 Å². The predicted molar refractivity (Wildman–Crippen MR) is 123 cm³/mol. The number of pyridine rings is 1. The van der Waals surface area contributed by atoms with Crippen LogP contribution in [0, 0.1) is 17.1 Å². The second kappa shape index (κ2) is 9.34. The van der Waals surface area contributed by atoms with Crippen molar-refractivity contribution >= 4 is 26.7 Å². The Morgan fingerprint density at radius 3 is 2.38 bits per heavy atom. The van der Waals surface area contributed by atoms with Gasteiger partial charge in [-0.1, -0.05) is 0 Å². The largest absolute Gasteiger partial charge is 0.404 e. The quantitative estimate of drug-likeness (QED) is 0.294. The molecule has 1 N–H and O–H groups in total. The van der Waals surface area contributed by atoms with Gasteiger partial charge in [-0.2, -0.15) is 23.2 Å². The number of nitrogens with one attached hydrogen (secondary N) is 1. The summed E-state index contributed by atoms with van der Waals surface area (Å²) < 4.78 is 80.9. The van der Waals surface area contributed by atoms with E-state index in [1.54, 1.807) is 0 Å². The first-order valence-electron chi connectivity index (χ1n) is 10.5. The lowest BCUT2D eigenvalue weighted by atomic mass is 10.1. The van der Waals surface area contributed by atoms with Crippen molar-refractivity contribution in [3.8, 4) is 23.4 Å². The molecule has 0 spiro atoms. The lowest BCUT2D eigenvalue weighted by Gasteiger charge is -2.17. The summed E-state index contributed by atoms with van der Waals surface area (Å²) in [7, 11) is -4.58. The number of nitrogens with zero attached hydrogens (tertiary/aromatic N) is 5. The number of hydrogen-bond donors (Lipinski definition) is 1. The molecule has 0 radical (unpaired) electrons. The number of rotatable bonds is 6. The first-order chi connectivity index (χ1) is 17.3. The summed E-state index contributed by atoms with van der Waals surface area (Å²) >= 11 is 0. The molecule has 0 aliphatic heterocycles. The molecule has 3 aromatic heterocycles. The van der Waals surface area contributed by atoms with Crippen LogP contribution >= 0.6 is 0 Å². The highest BCUT2D eigenvalue weighted by atomic mass is 32.2. The Kier molecular flexibility index (Phi) is 6.53. The molecule has 0 aliphatic carbocycles. The summed E-state index contributed by atoms with van der Waals surface area (Å²) in [4.78, 5) is 23.8. The van der Waals surface area contributed by atoms with Gasteiger partial charge in [0.1, 0.15) is 22.8 Å². The van der Waals surface area contributed by atoms with Crippen molar-refractivity contribution in [3.63, 3.8) is 0 Å². The normalized spacial score (nSPS) is 12.9. The highest BCUT2D eigenvalue weighted by Gasteiger charge is 2.39. The highest BCUT2D eigenvalue weighted by Crippen LogP contribution is 2.36. The van der Waals surface area contributed by atoms with E-state index >= 15 is 0 Å². The van der Waals surface area contributed by atoms with Crippen LogP contribution in [0.3, 0.4) is 0 Å². The van der Waals surface area contributed by atoms with Gasteiger partial charge in [-0.25, -0.2) is 22.8 Å². The summed E-state index contributed by atoms with van der Waals surface area (Å²) in [5.41, 5.74) is -0.0125. The van der Waals surface area contributed by atoms with Crippen LogP contribution in [-0.2, 0) is 10.0 Å². The first kappa shape index (κ1) is 25.9. The molecule has 0 fully saturated rings. The van der Waals surface area contributed by atoms with Gasteiger partial charge in [-0.15, -0.1) is 0 Å². The third-order valence-electron chi connectivity index (χ3n) is 5.41. The Morgan fingerprint density at radius 2 is 1.84 bits per heavy atom. The van der Waals surface area contributed by atoms with E-state index in [0.717, 1.165) is 18.3 Å². The number of benzene rings is 1. The zero-order chi connectivity index (χ0) is 27.1. The maximum absolute atomic E-state index is 14.7. The van der Waals surface area contributed by atoms with E-state index < -0.39 is 38.7 Å². The standard InChI is InChI=1S/C23H16F4N6O3S/c1-12(34)15-9-20-16(8-18(15)24)17(10-28)21(33(20)22-29-6-3-7-30-22)19-5-4-14(11-31-19)37(35,36)32-13(2)23(25,26)27/h3-9,11,13,32H,1-2H3/t13-/m0/s1. The van der Waals surface area contributed by atoms with Crippen LogP contribution in [0.4, 0.5) is 17.6 Å². The molecule has 9 nitrogen and oxygen atoms in total. The Hall–Kier alpha value is -4.22. The average Bonchev–Trinajstić information content (AvgIpc) is 3.16. The van der Waals surface area contributed by atoms with Gasteiger partial charge in [-0.3, -0.25) is 14.3 Å². The molecule has 1 aromatic carbocycles. The average molecular weight is 532 g/mol. The molecule has 3 heterocycles. The van der Waals surface area contributed by atoms with Crippen LogP contribution in [0.5, 0.6) is 0 Å². The van der Waals surface area contributed by atoms with Crippen LogP contribution in [0.1, 0.15) is 29.8 Å². The smallest absolute Gasteiger partial charge is 0.294 e. The Balaban J connectivity index is 1.94. The van der Waals surface area contributed by atoms with E-state index in [4.69, 9.17) is 0 Å². The number of sulfonamides is 1. The third-order valence-corrected chi connectivity index (χ3v) is 6.94. The number of Topliss-reactive ketones (excluding diaryl/α,β-unsaturated/α-hetero) is 1. The molecule has 0 aliphatic rings. The van der Waals surface area contributed by atoms with Gasteiger partial charge in [-0.05, 0) is 44.2 Å². The molecule has 0 amide bonds. The number of ketones is 1. The fourth-order valence-electron chi connectivity index (χ4n) is 3.59. The summed E-state index contributed by atoms with van der Waals surface area (Å²) in [5.74, 6) is -1.37. The number of hydrogen-bond acceptors (Lipinski definition) is 7. The van der Waals surface area contributed by atoms with E-state index in [1.165, 1.54) is 46.8 Å². The van der Waals surface area contributed by atoms with Crippen molar-refractivity contribution in [2.45, 2.75) is 31.0 Å². The van der Waals surface area contributed by atoms with Crippen molar-refractivity contribution in [1.29, 1.82) is 5.26 Å². The zero-order valence-electron chi connectivity index (χ0n) is 19.1. The zero-order valence-corrected chi connectivity index (χ0v) is 19.9. The number of aromatic nitrogens is 4.